The van der Waals surface area contributed by atoms with E-state index in [-0.39, 0.29) is 0 Å². The van der Waals surface area contributed by atoms with Crippen molar-refractivity contribution in [1.82, 2.24) is 9.55 Å². The summed E-state index contributed by atoms with van der Waals surface area (Å²) >= 11 is 0. The molecule has 61 heavy (non-hydrogen) atoms. The van der Waals surface area contributed by atoms with E-state index in [1.54, 1.807) is 0 Å². The zero-order chi connectivity index (χ0) is 40.0. The first-order chi connectivity index (χ1) is 30.3. The maximum absolute atomic E-state index is 5.36. The van der Waals surface area contributed by atoms with Crippen LogP contribution in [0.15, 0.2) is 218 Å². The summed E-state index contributed by atoms with van der Waals surface area (Å²) in [4.78, 5) is 5.36. The maximum Gasteiger partial charge on any atom is 0.146 e. The molecular weight excluding hydrogens is 737 g/mol. The summed E-state index contributed by atoms with van der Waals surface area (Å²) in [6.07, 6.45) is 0. The molecule has 1 heterocycles. The molecule has 0 unspecified atom stereocenters. The molecule has 0 saturated carbocycles. The van der Waals surface area contributed by atoms with Crippen LogP contribution in [0.2, 0.25) is 0 Å². The lowest BCUT2D eigenvalue weighted by Gasteiger charge is -2.18. The van der Waals surface area contributed by atoms with Gasteiger partial charge in [0.2, 0.25) is 0 Å². The molecule has 282 valence electrons. The number of hydrogen-bond acceptors (Lipinski definition) is 1. The van der Waals surface area contributed by atoms with Crippen LogP contribution in [0.25, 0.3) is 126 Å². The summed E-state index contributed by atoms with van der Waals surface area (Å²) in [7, 11) is 0. The fourth-order valence-corrected chi connectivity index (χ4v) is 10.3. The van der Waals surface area contributed by atoms with Crippen molar-refractivity contribution < 1.29 is 0 Å². The third-order valence-corrected chi connectivity index (χ3v) is 12.9. The quantitative estimate of drug-likeness (QED) is 0.129. The van der Waals surface area contributed by atoms with Crippen LogP contribution in [-0.4, -0.2) is 9.55 Å². The number of benzene rings is 11. The van der Waals surface area contributed by atoms with Crippen molar-refractivity contribution >= 4 is 86.4 Å². The van der Waals surface area contributed by atoms with E-state index in [4.69, 9.17) is 4.98 Å². The van der Waals surface area contributed by atoms with Gasteiger partial charge in [0.15, 0.2) is 0 Å². The molecule has 0 aliphatic heterocycles. The van der Waals surface area contributed by atoms with E-state index in [0.29, 0.717) is 0 Å². The highest BCUT2D eigenvalue weighted by Gasteiger charge is 2.22. The van der Waals surface area contributed by atoms with Crippen molar-refractivity contribution in [1.29, 1.82) is 0 Å². The monoisotopic (exact) mass is 772 g/mol. The molecule has 2 nitrogen and oxygen atoms in total. The highest BCUT2D eigenvalue weighted by molar-refractivity contribution is 6.33. The predicted molar refractivity (Wildman–Crippen MR) is 260 cm³/mol. The standard InChI is InChI=1S/C59H36N2/c1-2-16-42(17-3-1)61-54-28-13-12-27-53(54)60-59(61)58-50-24-10-8-22-48(50)55(49-23-9-11-25-51(49)58)39-31-29-37(30-32-39)41-35-40-34-33-38-15-14-26-47-45-20-6-4-18-43(45)44-19-5-7-21-46(44)52(36-41)57(40)56(38)47/h1-36H. The molecule has 0 aliphatic rings. The van der Waals surface area contributed by atoms with Crippen molar-refractivity contribution in [2.45, 2.75) is 0 Å². The number of aromatic nitrogens is 2. The van der Waals surface area contributed by atoms with Crippen LogP contribution in [0.4, 0.5) is 0 Å². The van der Waals surface area contributed by atoms with Gasteiger partial charge in [-0.3, -0.25) is 4.57 Å². The molecule has 0 bridgehead atoms. The van der Waals surface area contributed by atoms with Crippen molar-refractivity contribution in [3.8, 4) is 39.3 Å². The summed E-state index contributed by atoms with van der Waals surface area (Å²) in [5.74, 6) is 0.943. The van der Waals surface area contributed by atoms with Crippen molar-refractivity contribution in [3.63, 3.8) is 0 Å². The lowest BCUT2D eigenvalue weighted by atomic mass is 9.87. The van der Waals surface area contributed by atoms with Gasteiger partial charge in [-0.1, -0.05) is 182 Å². The first-order valence-electron chi connectivity index (χ1n) is 21.0. The van der Waals surface area contributed by atoms with Crippen LogP contribution in [0.5, 0.6) is 0 Å². The Morgan fingerprint density at radius 1 is 0.295 bits per heavy atom. The Morgan fingerprint density at radius 3 is 1.46 bits per heavy atom. The van der Waals surface area contributed by atoms with Crippen LogP contribution in [0, 0.1) is 0 Å². The third kappa shape index (κ3) is 5.06. The topological polar surface area (TPSA) is 17.8 Å². The molecule has 12 aromatic carbocycles. The summed E-state index contributed by atoms with van der Waals surface area (Å²) in [6, 6.07) is 80.0. The molecule has 13 aromatic rings. The Labute approximate surface area is 352 Å². The lowest BCUT2D eigenvalue weighted by molar-refractivity contribution is 1.11. The van der Waals surface area contributed by atoms with E-state index in [1.807, 2.05) is 0 Å². The minimum Gasteiger partial charge on any atom is -0.292 e. The van der Waals surface area contributed by atoms with Crippen LogP contribution >= 0.6 is 0 Å². The molecule has 0 N–H and O–H groups in total. The molecular formula is C59H36N2. The van der Waals surface area contributed by atoms with Gasteiger partial charge in [-0.15, -0.1) is 0 Å². The first-order valence-corrected chi connectivity index (χ1v) is 21.0. The second-order valence-corrected chi connectivity index (χ2v) is 16.2. The van der Waals surface area contributed by atoms with E-state index < -0.39 is 0 Å². The molecule has 0 amide bonds. The Kier molecular flexibility index (Phi) is 7.34. The summed E-state index contributed by atoms with van der Waals surface area (Å²) in [5, 5.41) is 17.6. The first kappa shape index (κ1) is 33.9. The fourth-order valence-electron chi connectivity index (χ4n) is 10.3. The molecule has 0 saturated heterocycles. The van der Waals surface area contributed by atoms with Crippen molar-refractivity contribution in [2.75, 3.05) is 0 Å². The van der Waals surface area contributed by atoms with E-state index in [2.05, 4.69) is 223 Å². The molecule has 13 rings (SSSR count). The zero-order valence-corrected chi connectivity index (χ0v) is 33.2. The van der Waals surface area contributed by atoms with Gasteiger partial charge in [-0.25, -0.2) is 4.98 Å². The van der Waals surface area contributed by atoms with E-state index in [1.165, 1.54) is 97.7 Å². The number of fused-ring (bicyclic) bond motifs is 8. The maximum atomic E-state index is 5.36. The number of rotatable bonds is 4. The van der Waals surface area contributed by atoms with E-state index in [9.17, 15) is 0 Å². The van der Waals surface area contributed by atoms with Crippen LogP contribution in [0.3, 0.4) is 0 Å². The Morgan fingerprint density at radius 2 is 0.787 bits per heavy atom. The molecule has 0 atom stereocenters. The van der Waals surface area contributed by atoms with Gasteiger partial charge in [0.1, 0.15) is 5.82 Å². The summed E-state index contributed by atoms with van der Waals surface area (Å²) < 4.78 is 2.32. The largest absolute Gasteiger partial charge is 0.292 e. The van der Waals surface area contributed by atoms with Gasteiger partial charge in [-0.2, -0.15) is 0 Å². The third-order valence-electron chi connectivity index (χ3n) is 12.9. The molecule has 2 heteroatoms. The average Bonchev–Trinajstić information content (AvgIpc) is 3.71. The van der Waals surface area contributed by atoms with Gasteiger partial charge in [-0.05, 0) is 134 Å². The van der Waals surface area contributed by atoms with E-state index >= 15 is 0 Å². The molecule has 0 spiro atoms. The van der Waals surface area contributed by atoms with Crippen LogP contribution in [0.1, 0.15) is 0 Å². The Hall–Kier alpha value is -8.07. The number of para-hydroxylation sites is 3. The Bertz CT molecular complexity index is 3860. The fraction of sp³-hybridized carbons (Fsp3) is 0. The van der Waals surface area contributed by atoms with Crippen molar-refractivity contribution in [3.05, 3.63) is 218 Å². The highest BCUT2D eigenvalue weighted by atomic mass is 15.1. The lowest BCUT2D eigenvalue weighted by Crippen LogP contribution is -1.99. The molecule has 0 aliphatic carbocycles. The number of hydrogen-bond donors (Lipinski definition) is 0. The van der Waals surface area contributed by atoms with Gasteiger partial charge in [0, 0.05) is 11.3 Å². The van der Waals surface area contributed by atoms with Gasteiger partial charge in [0.25, 0.3) is 0 Å². The summed E-state index contributed by atoms with van der Waals surface area (Å²) in [6.45, 7) is 0. The van der Waals surface area contributed by atoms with E-state index in [0.717, 1.165) is 28.1 Å². The predicted octanol–water partition coefficient (Wildman–Crippen LogP) is 16.1. The number of imidazole rings is 1. The zero-order valence-electron chi connectivity index (χ0n) is 33.2. The number of nitrogens with zero attached hydrogens (tertiary/aromatic N) is 2. The molecule has 0 radical (unpaired) electrons. The van der Waals surface area contributed by atoms with Crippen LogP contribution in [-0.2, 0) is 0 Å². The molecule has 1 aromatic heterocycles. The SMILES string of the molecule is c1ccc(-n2c(-c3c4ccccc4c(-c4ccc(-c5cc6ccc7cccc8c9ccccc9c9ccccc9c(c5)c6c78)cc4)c4ccccc34)nc3ccccc32)cc1. The minimum absolute atomic E-state index is 0.943. The highest BCUT2D eigenvalue weighted by Crippen LogP contribution is 2.46. The normalized spacial score (nSPS) is 11.9. The van der Waals surface area contributed by atoms with Gasteiger partial charge < -0.3 is 0 Å². The second kappa shape index (κ2) is 13.2. The molecule has 0 fully saturated rings. The van der Waals surface area contributed by atoms with Gasteiger partial charge >= 0.3 is 0 Å². The second-order valence-electron chi connectivity index (χ2n) is 16.2. The average molecular weight is 773 g/mol. The smallest absolute Gasteiger partial charge is 0.146 e. The minimum atomic E-state index is 0.943. The van der Waals surface area contributed by atoms with Crippen LogP contribution < -0.4 is 0 Å². The van der Waals surface area contributed by atoms with Gasteiger partial charge in [0.05, 0.1) is 11.0 Å². The Balaban J connectivity index is 1.03. The van der Waals surface area contributed by atoms with Crippen molar-refractivity contribution in [2.24, 2.45) is 0 Å². The summed E-state index contributed by atoms with van der Waals surface area (Å²) in [5.41, 5.74) is 9.12.